The van der Waals surface area contributed by atoms with Crippen molar-refractivity contribution in [3.63, 3.8) is 0 Å². The number of benzene rings is 1. The van der Waals surface area contributed by atoms with Gasteiger partial charge in [-0.3, -0.25) is 0 Å². The van der Waals surface area contributed by atoms with E-state index in [-0.39, 0.29) is 0 Å². The van der Waals surface area contributed by atoms with E-state index in [9.17, 15) is 0 Å². The third kappa shape index (κ3) is 6.64. The molecule has 1 fully saturated rings. The number of nitrogens with zero attached hydrogens (tertiary/aromatic N) is 2. The molecule has 0 aromatic heterocycles. The van der Waals surface area contributed by atoms with Crippen molar-refractivity contribution in [1.82, 2.24) is 9.80 Å². The van der Waals surface area contributed by atoms with E-state index in [1.807, 2.05) is 0 Å². The Morgan fingerprint density at radius 1 is 1.22 bits per heavy atom. The van der Waals surface area contributed by atoms with E-state index in [1.165, 1.54) is 63.1 Å². The number of hydrogen-bond acceptors (Lipinski definition) is 2. The maximum Gasteiger partial charge on any atom is 0.00271 e. The van der Waals surface area contributed by atoms with E-state index in [0.717, 1.165) is 5.92 Å². The Kier molecular flexibility index (Phi) is 6.67. The highest BCUT2D eigenvalue weighted by Crippen LogP contribution is 2.20. The second-order valence-corrected chi connectivity index (χ2v) is 8.74. The Bertz CT molecular complexity index is 475. The minimum absolute atomic E-state index is 0.397. The molecular weight excluding hydrogens is 280 g/mol. The molecule has 2 heteroatoms. The fourth-order valence-electron chi connectivity index (χ4n) is 3.99. The van der Waals surface area contributed by atoms with Crippen molar-refractivity contribution in [3.8, 4) is 0 Å². The molecule has 1 heterocycles. The minimum atomic E-state index is 0.397. The summed E-state index contributed by atoms with van der Waals surface area (Å²) < 4.78 is 0. The second kappa shape index (κ2) is 8.30. The van der Waals surface area contributed by atoms with Gasteiger partial charge < -0.3 is 9.80 Å². The summed E-state index contributed by atoms with van der Waals surface area (Å²) in [5.41, 5.74) is 3.35. The molecule has 0 amide bonds. The van der Waals surface area contributed by atoms with E-state index < -0.39 is 0 Å². The summed E-state index contributed by atoms with van der Waals surface area (Å²) in [4.78, 5) is 5.22. The first kappa shape index (κ1) is 18.5. The van der Waals surface area contributed by atoms with Gasteiger partial charge in [0, 0.05) is 26.2 Å². The van der Waals surface area contributed by atoms with Crippen LogP contribution in [0.1, 0.15) is 44.7 Å². The van der Waals surface area contributed by atoms with Gasteiger partial charge in [-0.15, -0.1) is 0 Å². The lowest BCUT2D eigenvalue weighted by atomic mass is 9.93. The molecule has 1 aliphatic heterocycles. The van der Waals surface area contributed by atoms with Crippen molar-refractivity contribution in [2.75, 3.05) is 39.8 Å². The summed E-state index contributed by atoms with van der Waals surface area (Å²) in [5, 5.41) is 0. The molecule has 1 aliphatic rings. The van der Waals surface area contributed by atoms with E-state index in [1.54, 1.807) is 0 Å². The molecule has 0 N–H and O–H groups in total. The molecule has 23 heavy (non-hydrogen) atoms. The minimum Gasteiger partial charge on any atom is -0.306 e. The molecule has 1 atom stereocenters. The normalized spacial score (nSPS) is 20.2. The molecule has 2 nitrogen and oxygen atoms in total. The van der Waals surface area contributed by atoms with Gasteiger partial charge in [-0.05, 0) is 62.2 Å². The van der Waals surface area contributed by atoms with Crippen molar-refractivity contribution in [2.45, 2.75) is 47.0 Å². The molecule has 0 bridgehead atoms. The number of likely N-dealkylation sites (tertiary alicyclic amines) is 1. The summed E-state index contributed by atoms with van der Waals surface area (Å²) in [6.07, 6.45) is 3.95. The lowest BCUT2D eigenvalue weighted by Crippen LogP contribution is -2.42. The predicted octanol–water partition coefficient (Wildman–Crippen LogP) is 4.23. The highest BCUT2D eigenvalue weighted by Gasteiger charge is 2.22. The van der Waals surface area contributed by atoms with Gasteiger partial charge >= 0.3 is 0 Å². The van der Waals surface area contributed by atoms with Crippen molar-refractivity contribution < 1.29 is 0 Å². The highest BCUT2D eigenvalue weighted by molar-refractivity contribution is 5.25. The second-order valence-electron chi connectivity index (χ2n) is 8.74. The van der Waals surface area contributed by atoms with Crippen LogP contribution in [0.25, 0.3) is 0 Å². The molecule has 1 aromatic rings. The largest absolute Gasteiger partial charge is 0.306 e. The van der Waals surface area contributed by atoms with Crippen LogP contribution in [-0.2, 0) is 6.42 Å². The van der Waals surface area contributed by atoms with Gasteiger partial charge in [-0.25, -0.2) is 0 Å². The maximum atomic E-state index is 2.69. The zero-order valence-electron chi connectivity index (χ0n) is 15.9. The third-order valence-electron chi connectivity index (χ3n) is 4.88. The van der Waals surface area contributed by atoms with E-state index in [0.29, 0.717) is 5.41 Å². The summed E-state index contributed by atoms with van der Waals surface area (Å²) in [7, 11) is 2.29. The topological polar surface area (TPSA) is 6.48 Å². The average molecular weight is 317 g/mol. The Morgan fingerprint density at radius 2 is 1.96 bits per heavy atom. The summed E-state index contributed by atoms with van der Waals surface area (Å²) in [5.74, 6) is 0.841. The van der Waals surface area contributed by atoms with Crippen LogP contribution in [0.2, 0.25) is 0 Å². The fourth-order valence-corrected chi connectivity index (χ4v) is 3.99. The first-order valence-corrected chi connectivity index (χ1v) is 9.29. The molecular formula is C21H36N2. The zero-order chi connectivity index (χ0) is 16.9. The lowest BCUT2D eigenvalue weighted by molar-refractivity contribution is 0.128. The highest BCUT2D eigenvalue weighted by atomic mass is 15.2. The van der Waals surface area contributed by atoms with E-state index in [2.05, 4.69) is 68.8 Å². The third-order valence-corrected chi connectivity index (χ3v) is 4.88. The van der Waals surface area contributed by atoms with Crippen LogP contribution in [0.3, 0.4) is 0 Å². The molecule has 130 valence electrons. The molecule has 2 rings (SSSR count). The van der Waals surface area contributed by atoms with Gasteiger partial charge in [-0.1, -0.05) is 45.0 Å². The van der Waals surface area contributed by atoms with Crippen LogP contribution < -0.4 is 0 Å². The SMILES string of the molecule is Cc1ccccc1CCN1CCC[C@H](CN(C)CC(C)(C)C)C1. The quantitative estimate of drug-likeness (QED) is 0.775. The van der Waals surface area contributed by atoms with Crippen LogP contribution in [0.15, 0.2) is 24.3 Å². The zero-order valence-corrected chi connectivity index (χ0v) is 15.9. The van der Waals surface area contributed by atoms with E-state index >= 15 is 0 Å². The predicted molar refractivity (Wildman–Crippen MR) is 101 cm³/mol. The Balaban J connectivity index is 1.78. The molecule has 1 aromatic carbocycles. The lowest BCUT2D eigenvalue weighted by Gasteiger charge is -2.36. The number of piperidine rings is 1. The molecule has 1 saturated heterocycles. The number of aryl methyl sites for hydroxylation is 1. The first-order chi connectivity index (χ1) is 10.8. The molecule has 0 saturated carbocycles. The van der Waals surface area contributed by atoms with Gasteiger partial charge in [0.2, 0.25) is 0 Å². The van der Waals surface area contributed by atoms with Gasteiger partial charge in [0.25, 0.3) is 0 Å². The average Bonchev–Trinajstić information content (AvgIpc) is 2.45. The van der Waals surface area contributed by atoms with Gasteiger partial charge in [0.1, 0.15) is 0 Å². The van der Waals surface area contributed by atoms with Crippen LogP contribution in [0, 0.1) is 18.3 Å². The van der Waals surface area contributed by atoms with Crippen LogP contribution in [-0.4, -0.2) is 49.6 Å². The Morgan fingerprint density at radius 3 is 2.65 bits per heavy atom. The maximum absolute atomic E-state index is 2.69. The standard InChI is InChI=1S/C21H36N2/c1-18-9-6-7-11-20(18)12-14-23-13-8-10-19(16-23)15-22(5)17-21(2,3)4/h6-7,9,11,19H,8,10,12-17H2,1-5H3/t19-/m1/s1. The van der Waals surface area contributed by atoms with Gasteiger partial charge in [0.05, 0.1) is 0 Å². The van der Waals surface area contributed by atoms with E-state index in [4.69, 9.17) is 0 Å². The van der Waals surface area contributed by atoms with Crippen LogP contribution >= 0.6 is 0 Å². The molecule has 0 spiro atoms. The molecule has 0 aliphatic carbocycles. The number of hydrogen-bond donors (Lipinski definition) is 0. The van der Waals surface area contributed by atoms with Crippen LogP contribution in [0.5, 0.6) is 0 Å². The van der Waals surface area contributed by atoms with Gasteiger partial charge in [-0.2, -0.15) is 0 Å². The van der Waals surface area contributed by atoms with Gasteiger partial charge in [0.15, 0.2) is 0 Å². The summed E-state index contributed by atoms with van der Waals surface area (Å²) >= 11 is 0. The smallest absolute Gasteiger partial charge is 0.00271 e. The fraction of sp³-hybridized carbons (Fsp3) is 0.714. The summed E-state index contributed by atoms with van der Waals surface area (Å²) in [6, 6.07) is 8.83. The van der Waals surface area contributed by atoms with Crippen molar-refractivity contribution in [1.29, 1.82) is 0 Å². The number of rotatable bonds is 6. The first-order valence-electron chi connectivity index (χ1n) is 9.29. The van der Waals surface area contributed by atoms with Crippen molar-refractivity contribution in [3.05, 3.63) is 35.4 Å². The van der Waals surface area contributed by atoms with Crippen LogP contribution in [0.4, 0.5) is 0 Å². The Hall–Kier alpha value is -0.860. The van der Waals surface area contributed by atoms with Crippen molar-refractivity contribution in [2.24, 2.45) is 11.3 Å². The monoisotopic (exact) mass is 316 g/mol. The molecule has 0 radical (unpaired) electrons. The summed E-state index contributed by atoms with van der Waals surface area (Å²) in [6.45, 7) is 15.4. The molecule has 0 unspecified atom stereocenters. The van der Waals surface area contributed by atoms with Crippen molar-refractivity contribution >= 4 is 0 Å². The Labute approximate surface area is 143 Å².